The van der Waals surface area contributed by atoms with Crippen LogP contribution in [-0.4, -0.2) is 72.0 Å². The molecule has 2 fully saturated rings. The zero-order valence-corrected chi connectivity index (χ0v) is 20.1. The van der Waals surface area contributed by atoms with E-state index in [2.05, 4.69) is 10.1 Å². The van der Waals surface area contributed by atoms with Gasteiger partial charge in [0.25, 0.3) is 5.91 Å². The van der Waals surface area contributed by atoms with E-state index in [0.29, 0.717) is 36.9 Å². The predicted molar refractivity (Wildman–Crippen MR) is 132 cm³/mol. The zero-order valence-electron chi connectivity index (χ0n) is 20.1. The number of aliphatic hydroxyl groups excluding tert-OH is 1. The smallest absolute Gasteiger partial charge is 0.407 e. The summed E-state index contributed by atoms with van der Waals surface area (Å²) in [5.41, 5.74) is 2.21. The van der Waals surface area contributed by atoms with Gasteiger partial charge in [0.2, 0.25) is 0 Å². The molecular weight excluding hydrogens is 458 g/mol. The number of benzene rings is 1. The van der Waals surface area contributed by atoms with Crippen LogP contribution in [0.2, 0.25) is 0 Å². The Hall–Kier alpha value is -3.72. The molecule has 0 spiro atoms. The molecule has 9 heteroatoms. The Bertz CT molecular complexity index is 1170. The van der Waals surface area contributed by atoms with Crippen LogP contribution < -0.4 is 0 Å². The second-order valence-corrected chi connectivity index (χ2v) is 9.65. The molecule has 188 valence electrons. The number of piperidine rings is 1. The number of pyridine rings is 1. The first kappa shape index (κ1) is 24.0. The van der Waals surface area contributed by atoms with Crippen LogP contribution in [0.25, 0.3) is 0 Å². The van der Waals surface area contributed by atoms with Gasteiger partial charge in [-0.05, 0) is 61.9 Å². The Morgan fingerprint density at radius 3 is 2.58 bits per heavy atom. The van der Waals surface area contributed by atoms with E-state index >= 15 is 0 Å². The lowest BCUT2D eigenvalue weighted by atomic mass is 10.0. The van der Waals surface area contributed by atoms with E-state index < -0.39 is 18.2 Å². The maximum Gasteiger partial charge on any atom is 0.407 e. The van der Waals surface area contributed by atoms with Crippen LogP contribution >= 0.6 is 0 Å². The molecule has 36 heavy (non-hydrogen) atoms. The Balaban J connectivity index is 1.23. The molecule has 0 aliphatic carbocycles. The van der Waals surface area contributed by atoms with Gasteiger partial charge in [-0.2, -0.15) is 5.10 Å². The largest absolute Gasteiger partial charge is 0.465 e. The van der Waals surface area contributed by atoms with Gasteiger partial charge in [-0.15, -0.1) is 0 Å². The number of likely N-dealkylation sites (tertiary alicyclic amines) is 2. The summed E-state index contributed by atoms with van der Waals surface area (Å²) in [6.07, 6.45) is 8.66. The van der Waals surface area contributed by atoms with E-state index in [-0.39, 0.29) is 18.0 Å². The minimum absolute atomic E-state index is 0.00564. The van der Waals surface area contributed by atoms with Crippen molar-refractivity contribution in [3.63, 3.8) is 0 Å². The number of rotatable bonds is 6. The normalized spacial score (nSPS) is 23.0. The van der Waals surface area contributed by atoms with Gasteiger partial charge in [0.1, 0.15) is 6.10 Å². The second-order valence-electron chi connectivity index (χ2n) is 9.65. The monoisotopic (exact) mass is 489 g/mol. The summed E-state index contributed by atoms with van der Waals surface area (Å²) in [6, 6.07) is 12.3. The van der Waals surface area contributed by atoms with Crippen molar-refractivity contribution in [2.24, 2.45) is 0 Å². The van der Waals surface area contributed by atoms with Gasteiger partial charge in [-0.3, -0.25) is 19.4 Å². The van der Waals surface area contributed by atoms with E-state index in [1.165, 1.54) is 4.90 Å². The Labute approximate surface area is 210 Å². The van der Waals surface area contributed by atoms with Gasteiger partial charge in [-0.25, -0.2) is 4.79 Å². The third-order valence-electron chi connectivity index (χ3n) is 7.41. The van der Waals surface area contributed by atoms with Crippen LogP contribution in [0.1, 0.15) is 59.3 Å². The number of carbonyl (C=O) groups excluding carboxylic acids is 1. The second kappa shape index (κ2) is 10.5. The van der Waals surface area contributed by atoms with Gasteiger partial charge < -0.3 is 15.1 Å². The van der Waals surface area contributed by atoms with Gasteiger partial charge in [0, 0.05) is 55.0 Å². The van der Waals surface area contributed by atoms with Crippen LogP contribution in [0, 0.1) is 0 Å². The number of aliphatic hydroxyl groups is 1. The first-order chi connectivity index (χ1) is 17.5. The van der Waals surface area contributed by atoms with Crippen LogP contribution in [0.5, 0.6) is 0 Å². The van der Waals surface area contributed by atoms with Crippen LogP contribution in [0.4, 0.5) is 4.79 Å². The fourth-order valence-corrected chi connectivity index (χ4v) is 5.58. The highest BCUT2D eigenvalue weighted by Gasteiger charge is 2.41. The topological polar surface area (TPSA) is 112 Å². The number of amides is 2. The van der Waals surface area contributed by atoms with Crippen molar-refractivity contribution in [1.82, 2.24) is 24.6 Å². The molecule has 0 bridgehead atoms. The molecule has 1 unspecified atom stereocenters. The van der Waals surface area contributed by atoms with E-state index in [4.69, 9.17) is 0 Å². The fraction of sp³-hybridized carbons (Fsp3) is 0.407. The predicted octanol–water partition coefficient (Wildman–Crippen LogP) is 3.54. The molecule has 9 nitrogen and oxygen atoms in total. The Kier molecular flexibility index (Phi) is 6.99. The maximum absolute atomic E-state index is 13.1. The number of nitrogens with zero attached hydrogens (tertiary/aromatic N) is 5. The lowest BCUT2D eigenvalue weighted by Crippen LogP contribution is -2.44. The molecule has 2 aliphatic rings. The Morgan fingerprint density at radius 1 is 1.06 bits per heavy atom. The molecule has 2 aromatic heterocycles. The van der Waals surface area contributed by atoms with Crippen molar-refractivity contribution < 1.29 is 19.8 Å². The summed E-state index contributed by atoms with van der Waals surface area (Å²) in [6.45, 7) is 1.37. The summed E-state index contributed by atoms with van der Waals surface area (Å²) in [7, 11) is 0. The number of carboxylic acid groups (broad SMARTS) is 1. The minimum Gasteiger partial charge on any atom is -0.465 e. The van der Waals surface area contributed by atoms with Crippen LogP contribution in [0.3, 0.4) is 0 Å². The van der Waals surface area contributed by atoms with E-state index in [9.17, 15) is 19.8 Å². The number of aromatic nitrogens is 3. The van der Waals surface area contributed by atoms with Crippen molar-refractivity contribution in [3.05, 3.63) is 83.9 Å². The molecule has 4 heterocycles. The van der Waals surface area contributed by atoms with E-state index in [1.54, 1.807) is 30.7 Å². The maximum atomic E-state index is 13.1. The van der Waals surface area contributed by atoms with Gasteiger partial charge in [0.05, 0.1) is 12.1 Å². The highest BCUT2D eigenvalue weighted by molar-refractivity contribution is 5.94. The molecule has 2 saturated heterocycles. The molecule has 2 N–H and O–H groups in total. The van der Waals surface area contributed by atoms with Crippen molar-refractivity contribution in [1.29, 1.82) is 0 Å². The SMILES string of the molecule is O=C(c1ccc(C[C@@H]2CC[C@H]([C@H](O)c3cccnc3)N2C(=O)O)cc1)N1CCCC(n2cccn2)C1. The molecule has 2 aliphatic heterocycles. The molecule has 4 atom stereocenters. The summed E-state index contributed by atoms with van der Waals surface area (Å²) >= 11 is 0. The molecule has 3 aromatic rings. The van der Waals surface area contributed by atoms with Crippen molar-refractivity contribution >= 4 is 12.0 Å². The average molecular weight is 490 g/mol. The standard InChI is InChI=1S/C27H31N5O4/c33-25(21-4-1-12-28-17-21)24-11-10-22(32(24)27(35)36)16-19-6-8-20(9-7-19)26(34)30-14-2-5-23(18-30)31-15-3-13-29-31/h1,3-4,6-9,12-13,15,17,22-25,33H,2,5,10-11,14,16,18H2,(H,35,36)/t22-,23?,24+,25+/m0/s1. The summed E-state index contributed by atoms with van der Waals surface area (Å²) in [5, 5.41) is 25.1. The third-order valence-corrected chi connectivity index (χ3v) is 7.41. The lowest BCUT2D eigenvalue weighted by molar-refractivity contribution is 0.0539. The molecule has 0 saturated carbocycles. The van der Waals surface area contributed by atoms with Crippen molar-refractivity contribution in [2.45, 2.75) is 56.3 Å². The van der Waals surface area contributed by atoms with Gasteiger partial charge in [-0.1, -0.05) is 18.2 Å². The lowest BCUT2D eigenvalue weighted by Gasteiger charge is -2.33. The van der Waals surface area contributed by atoms with E-state index in [1.807, 2.05) is 46.1 Å². The van der Waals surface area contributed by atoms with Crippen molar-refractivity contribution in [2.75, 3.05) is 13.1 Å². The first-order valence-electron chi connectivity index (χ1n) is 12.5. The number of carbonyl (C=O) groups is 2. The van der Waals surface area contributed by atoms with Crippen LogP contribution in [0.15, 0.2) is 67.3 Å². The highest BCUT2D eigenvalue weighted by Crippen LogP contribution is 2.34. The molecular formula is C27H31N5O4. The molecule has 1 aromatic carbocycles. The molecule has 5 rings (SSSR count). The van der Waals surface area contributed by atoms with Crippen molar-refractivity contribution in [3.8, 4) is 0 Å². The van der Waals surface area contributed by atoms with E-state index in [0.717, 1.165) is 24.9 Å². The number of hydrogen-bond donors (Lipinski definition) is 2. The van der Waals surface area contributed by atoms with Gasteiger partial charge >= 0.3 is 6.09 Å². The first-order valence-corrected chi connectivity index (χ1v) is 12.5. The minimum atomic E-state index is -1.03. The quantitative estimate of drug-likeness (QED) is 0.548. The zero-order chi connectivity index (χ0) is 25.1. The van der Waals surface area contributed by atoms with Crippen LogP contribution in [-0.2, 0) is 6.42 Å². The summed E-state index contributed by atoms with van der Waals surface area (Å²) in [4.78, 5) is 32.6. The van der Waals surface area contributed by atoms with Gasteiger partial charge in [0.15, 0.2) is 0 Å². The summed E-state index contributed by atoms with van der Waals surface area (Å²) < 4.78 is 1.93. The number of hydrogen-bond acceptors (Lipinski definition) is 5. The molecule has 0 radical (unpaired) electrons. The third kappa shape index (κ3) is 4.97. The molecule has 2 amide bonds. The Morgan fingerprint density at radius 2 is 1.89 bits per heavy atom. The summed E-state index contributed by atoms with van der Waals surface area (Å²) in [5.74, 6) is 0.00564. The highest BCUT2D eigenvalue weighted by atomic mass is 16.4. The fourth-order valence-electron chi connectivity index (χ4n) is 5.58. The average Bonchev–Trinajstić information content (AvgIpc) is 3.60.